The Morgan fingerprint density at radius 3 is 2.61 bits per heavy atom. The SMILES string of the molecule is Cc1cnc(N[C@H]2CC[C@H](Nc3ccc(-n4nccc(Cl)c4=O)cn3)C2)nn1. The van der Waals surface area contributed by atoms with Crippen LogP contribution < -0.4 is 16.2 Å². The van der Waals surface area contributed by atoms with Crippen LogP contribution in [0.5, 0.6) is 0 Å². The van der Waals surface area contributed by atoms with Gasteiger partial charge >= 0.3 is 0 Å². The third-order valence-electron chi connectivity index (χ3n) is 4.59. The van der Waals surface area contributed by atoms with E-state index in [0.717, 1.165) is 30.8 Å². The minimum atomic E-state index is -0.371. The third-order valence-corrected chi connectivity index (χ3v) is 4.87. The van der Waals surface area contributed by atoms with Crippen LogP contribution in [-0.4, -0.2) is 42.0 Å². The van der Waals surface area contributed by atoms with Crippen LogP contribution in [0.3, 0.4) is 0 Å². The Labute approximate surface area is 166 Å². The van der Waals surface area contributed by atoms with Gasteiger partial charge in [0, 0.05) is 18.3 Å². The van der Waals surface area contributed by atoms with E-state index in [-0.39, 0.29) is 16.6 Å². The lowest BCUT2D eigenvalue weighted by atomic mass is 10.2. The second kappa shape index (κ2) is 7.89. The van der Waals surface area contributed by atoms with Crippen molar-refractivity contribution in [3.8, 4) is 5.69 Å². The van der Waals surface area contributed by atoms with Gasteiger partial charge in [-0.2, -0.15) is 14.9 Å². The molecule has 0 bridgehead atoms. The summed E-state index contributed by atoms with van der Waals surface area (Å²) in [5.74, 6) is 1.30. The summed E-state index contributed by atoms with van der Waals surface area (Å²) in [6, 6.07) is 5.66. The lowest BCUT2D eigenvalue weighted by Crippen LogP contribution is -2.23. The van der Waals surface area contributed by atoms with E-state index in [9.17, 15) is 4.79 Å². The van der Waals surface area contributed by atoms with E-state index in [1.807, 2.05) is 13.0 Å². The number of rotatable bonds is 5. The van der Waals surface area contributed by atoms with Crippen molar-refractivity contribution in [1.82, 2.24) is 29.9 Å². The molecule has 2 atom stereocenters. The summed E-state index contributed by atoms with van der Waals surface area (Å²) in [5.41, 5.74) is 0.985. The fraction of sp³-hybridized carbons (Fsp3) is 0.333. The molecule has 3 heterocycles. The Bertz CT molecular complexity index is 1010. The minimum Gasteiger partial charge on any atom is -0.367 e. The number of nitrogens with one attached hydrogen (secondary N) is 2. The molecule has 0 spiro atoms. The summed E-state index contributed by atoms with van der Waals surface area (Å²) in [7, 11) is 0. The monoisotopic (exact) mass is 398 g/mol. The number of pyridine rings is 1. The lowest BCUT2D eigenvalue weighted by Gasteiger charge is -2.15. The molecule has 1 saturated carbocycles. The minimum absolute atomic E-state index is 0.120. The van der Waals surface area contributed by atoms with E-state index in [4.69, 9.17) is 11.6 Å². The van der Waals surface area contributed by atoms with Gasteiger partial charge in [0.1, 0.15) is 10.8 Å². The molecule has 0 aromatic carbocycles. The van der Waals surface area contributed by atoms with Gasteiger partial charge in [-0.15, -0.1) is 5.10 Å². The third kappa shape index (κ3) is 4.09. The van der Waals surface area contributed by atoms with Crippen LogP contribution >= 0.6 is 11.6 Å². The number of nitrogens with zero attached hydrogens (tertiary/aromatic N) is 6. The van der Waals surface area contributed by atoms with Crippen molar-refractivity contribution < 1.29 is 0 Å². The first-order valence-corrected chi connectivity index (χ1v) is 9.36. The molecule has 0 aliphatic heterocycles. The van der Waals surface area contributed by atoms with Gasteiger partial charge in [-0.05, 0) is 44.4 Å². The van der Waals surface area contributed by atoms with E-state index in [1.54, 1.807) is 18.5 Å². The van der Waals surface area contributed by atoms with Crippen molar-refractivity contribution in [1.29, 1.82) is 0 Å². The zero-order valence-corrected chi connectivity index (χ0v) is 16.0. The van der Waals surface area contributed by atoms with Crippen molar-refractivity contribution in [2.24, 2.45) is 0 Å². The Morgan fingerprint density at radius 2 is 1.89 bits per heavy atom. The Hall–Kier alpha value is -3.07. The predicted octanol–water partition coefficient (Wildman–Crippen LogP) is 2.22. The molecule has 0 saturated heterocycles. The van der Waals surface area contributed by atoms with Gasteiger partial charge in [0.15, 0.2) is 0 Å². The maximum atomic E-state index is 12.0. The maximum absolute atomic E-state index is 12.0. The molecule has 1 aliphatic rings. The fourth-order valence-corrected chi connectivity index (χ4v) is 3.34. The summed E-state index contributed by atoms with van der Waals surface area (Å²) in [5, 5.41) is 19.0. The van der Waals surface area contributed by atoms with E-state index >= 15 is 0 Å². The molecule has 28 heavy (non-hydrogen) atoms. The number of hydrogen-bond donors (Lipinski definition) is 2. The molecule has 144 valence electrons. The van der Waals surface area contributed by atoms with Crippen LogP contribution in [0.2, 0.25) is 5.02 Å². The molecule has 4 rings (SSSR count). The maximum Gasteiger partial charge on any atom is 0.290 e. The van der Waals surface area contributed by atoms with E-state index in [1.165, 1.54) is 16.9 Å². The average Bonchev–Trinajstić information content (AvgIpc) is 3.13. The number of anilines is 2. The van der Waals surface area contributed by atoms with Crippen LogP contribution in [0.25, 0.3) is 5.69 Å². The van der Waals surface area contributed by atoms with Crippen molar-refractivity contribution >= 4 is 23.4 Å². The molecular weight excluding hydrogens is 380 g/mol. The Kier molecular flexibility index (Phi) is 5.16. The standard InChI is InChI=1S/C18H19ClN8O/c1-11-9-21-18(26-25-11)24-13-3-2-12(8-13)23-16-5-4-14(10-20-16)27-17(28)15(19)6-7-22-27/h4-7,9-10,12-13H,2-3,8H2,1H3,(H,20,23)(H,21,24,26)/t12-,13-/m0/s1. The number of hydrogen-bond acceptors (Lipinski definition) is 8. The van der Waals surface area contributed by atoms with Crippen LogP contribution in [-0.2, 0) is 0 Å². The highest BCUT2D eigenvalue weighted by Crippen LogP contribution is 2.24. The van der Waals surface area contributed by atoms with Crippen molar-refractivity contribution in [2.45, 2.75) is 38.3 Å². The van der Waals surface area contributed by atoms with E-state index < -0.39 is 0 Å². The predicted molar refractivity (Wildman–Crippen MR) is 106 cm³/mol. The highest BCUT2D eigenvalue weighted by atomic mass is 35.5. The molecule has 9 nitrogen and oxygen atoms in total. The molecule has 0 unspecified atom stereocenters. The zero-order chi connectivity index (χ0) is 19.5. The fourth-order valence-electron chi connectivity index (χ4n) is 3.20. The first-order valence-electron chi connectivity index (χ1n) is 8.98. The van der Waals surface area contributed by atoms with Crippen LogP contribution in [0.1, 0.15) is 25.0 Å². The molecule has 0 amide bonds. The summed E-state index contributed by atoms with van der Waals surface area (Å²) < 4.78 is 1.23. The molecule has 2 N–H and O–H groups in total. The van der Waals surface area contributed by atoms with Gasteiger partial charge in [-0.1, -0.05) is 11.6 Å². The van der Waals surface area contributed by atoms with E-state index in [0.29, 0.717) is 17.7 Å². The summed E-state index contributed by atoms with van der Waals surface area (Å²) in [4.78, 5) is 20.7. The van der Waals surface area contributed by atoms with Crippen LogP contribution in [0.4, 0.5) is 11.8 Å². The highest BCUT2D eigenvalue weighted by Gasteiger charge is 2.25. The van der Waals surface area contributed by atoms with Crippen LogP contribution in [0.15, 0.2) is 41.6 Å². The smallest absolute Gasteiger partial charge is 0.290 e. The molecule has 0 radical (unpaired) electrons. The largest absolute Gasteiger partial charge is 0.367 e. The van der Waals surface area contributed by atoms with Crippen molar-refractivity contribution in [2.75, 3.05) is 10.6 Å². The highest BCUT2D eigenvalue weighted by molar-refractivity contribution is 6.30. The van der Waals surface area contributed by atoms with Gasteiger partial charge in [-0.25, -0.2) is 9.97 Å². The van der Waals surface area contributed by atoms with Crippen molar-refractivity contribution in [3.05, 3.63) is 57.9 Å². The van der Waals surface area contributed by atoms with E-state index in [2.05, 4.69) is 35.9 Å². The molecule has 10 heteroatoms. The lowest BCUT2D eigenvalue weighted by molar-refractivity contribution is 0.712. The molecule has 1 aliphatic carbocycles. The van der Waals surface area contributed by atoms with Gasteiger partial charge in [0.25, 0.3) is 5.56 Å². The Balaban J connectivity index is 1.37. The summed E-state index contributed by atoms with van der Waals surface area (Å²) >= 11 is 5.86. The van der Waals surface area contributed by atoms with Crippen molar-refractivity contribution in [3.63, 3.8) is 0 Å². The number of aromatic nitrogens is 6. The first-order chi connectivity index (χ1) is 13.6. The topological polar surface area (TPSA) is 111 Å². The summed E-state index contributed by atoms with van der Waals surface area (Å²) in [6.07, 6.45) is 7.73. The van der Waals surface area contributed by atoms with Gasteiger partial charge in [0.05, 0.1) is 23.8 Å². The quantitative estimate of drug-likeness (QED) is 0.673. The second-order valence-electron chi connectivity index (χ2n) is 6.72. The van der Waals surface area contributed by atoms with Crippen LogP contribution in [0, 0.1) is 6.92 Å². The van der Waals surface area contributed by atoms with Gasteiger partial charge < -0.3 is 10.6 Å². The molecule has 3 aromatic heterocycles. The average molecular weight is 399 g/mol. The molecular formula is C18H19ClN8O. The first kappa shape index (κ1) is 18.3. The number of aryl methyl sites for hydroxylation is 1. The second-order valence-corrected chi connectivity index (χ2v) is 7.12. The van der Waals surface area contributed by atoms with Gasteiger partial charge in [0.2, 0.25) is 5.95 Å². The summed E-state index contributed by atoms with van der Waals surface area (Å²) in [6.45, 7) is 1.86. The Morgan fingerprint density at radius 1 is 1.07 bits per heavy atom. The molecule has 3 aromatic rings. The molecule has 1 fully saturated rings. The zero-order valence-electron chi connectivity index (χ0n) is 15.2. The normalized spacial score (nSPS) is 18.8. The van der Waals surface area contributed by atoms with Gasteiger partial charge in [-0.3, -0.25) is 4.79 Å². The number of halogens is 1.